The topological polar surface area (TPSA) is 32.6 Å². The molecule has 0 spiro atoms. The molecule has 2 rings (SSSR count). The first-order valence-corrected chi connectivity index (χ1v) is 6.29. The van der Waals surface area contributed by atoms with Gasteiger partial charge in [0.05, 0.1) is 16.8 Å². The molecule has 0 amide bonds. The highest BCUT2D eigenvalue weighted by Crippen LogP contribution is 2.38. The summed E-state index contributed by atoms with van der Waals surface area (Å²) in [5, 5.41) is 9.46. The Morgan fingerprint density at radius 3 is 1.88 bits per heavy atom. The van der Waals surface area contributed by atoms with Gasteiger partial charge in [-0.1, -0.05) is 0 Å². The summed E-state index contributed by atoms with van der Waals surface area (Å²) in [6.45, 7) is 0. The molecule has 0 saturated heterocycles. The predicted molar refractivity (Wildman–Crippen MR) is 71.8 cm³/mol. The van der Waals surface area contributed by atoms with Crippen molar-refractivity contribution in [1.82, 2.24) is 0 Å². The molecule has 0 atom stereocenters. The highest BCUT2D eigenvalue weighted by Gasteiger charge is 2.36. The fraction of sp³-hybridized carbons (Fsp3) is 0.133. The Kier molecular flexibility index (Phi) is 4.54. The van der Waals surface area contributed by atoms with Crippen molar-refractivity contribution in [3.63, 3.8) is 0 Å². The summed E-state index contributed by atoms with van der Waals surface area (Å²) in [7, 11) is 0. The Labute approximate surface area is 130 Å². The smallest absolute Gasteiger partial charge is 0.416 e. The lowest BCUT2D eigenvalue weighted by Gasteiger charge is -2.12. The van der Waals surface area contributed by atoms with E-state index in [4.69, 9.17) is 0 Å². The monoisotopic (exact) mass is 351 g/mol. The average Bonchev–Trinajstić information content (AvgIpc) is 2.46. The number of hydrogen-bond donors (Lipinski definition) is 1. The summed E-state index contributed by atoms with van der Waals surface area (Å²) < 4.78 is 89.3. The minimum Gasteiger partial charge on any atom is -0.507 e. The highest BCUT2D eigenvalue weighted by atomic mass is 19.4. The van der Waals surface area contributed by atoms with Gasteiger partial charge in [0.2, 0.25) is 0 Å². The Morgan fingerprint density at radius 1 is 0.833 bits per heavy atom. The normalized spacial score (nSPS) is 12.8. The Morgan fingerprint density at radius 2 is 1.38 bits per heavy atom. The maximum absolute atomic E-state index is 13.0. The molecule has 9 heteroatoms. The first-order chi connectivity index (χ1) is 11.0. The van der Waals surface area contributed by atoms with Crippen LogP contribution in [0.3, 0.4) is 0 Å². The minimum absolute atomic E-state index is 0.0291. The second kappa shape index (κ2) is 6.14. The highest BCUT2D eigenvalue weighted by molar-refractivity contribution is 5.85. The molecule has 0 unspecified atom stereocenters. The third kappa shape index (κ3) is 4.24. The quantitative estimate of drug-likeness (QED) is 0.576. The van der Waals surface area contributed by atoms with Crippen molar-refractivity contribution in [1.29, 1.82) is 0 Å². The van der Waals surface area contributed by atoms with E-state index in [2.05, 4.69) is 4.99 Å². The van der Waals surface area contributed by atoms with E-state index in [0.717, 1.165) is 24.4 Å². The number of hydrogen-bond acceptors (Lipinski definition) is 2. The Balaban J connectivity index is 2.49. The van der Waals surface area contributed by atoms with Crippen LogP contribution in [0.1, 0.15) is 16.7 Å². The van der Waals surface area contributed by atoms with Gasteiger partial charge in [0.15, 0.2) is 0 Å². The maximum Gasteiger partial charge on any atom is 0.416 e. The molecule has 0 fully saturated rings. The zero-order chi connectivity index (χ0) is 18.1. The van der Waals surface area contributed by atoms with E-state index in [0.29, 0.717) is 12.1 Å². The molecule has 128 valence electrons. The van der Waals surface area contributed by atoms with E-state index in [1.54, 1.807) is 0 Å². The van der Waals surface area contributed by atoms with Crippen molar-refractivity contribution in [2.24, 2.45) is 4.99 Å². The molecule has 0 aliphatic rings. The number of aromatic hydroxyl groups is 1. The third-order valence-electron chi connectivity index (χ3n) is 2.91. The van der Waals surface area contributed by atoms with Crippen LogP contribution in [0.25, 0.3) is 0 Å². The first kappa shape index (κ1) is 17.8. The second-order valence-electron chi connectivity index (χ2n) is 4.73. The van der Waals surface area contributed by atoms with Gasteiger partial charge in [-0.25, -0.2) is 4.39 Å². The molecule has 2 aromatic carbocycles. The van der Waals surface area contributed by atoms with Crippen LogP contribution in [0.15, 0.2) is 41.4 Å². The third-order valence-corrected chi connectivity index (χ3v) is 2.91. The van der Waals surface area contributed by atoms with E-state index in [-0.39, 0.29) is 11.6 Å². The van der Waals surface area contributed by atoms with Crippen LogP contribution in [-0.2, 0) is 12.4 Å². The van der Waals surface area contributed by atoms with Crippen LogP contribution in [0.5, 0.6) is 5.75 Å². The van der Waals surface area contributed by atoms with Crippen molar-refractivity contribution >= 4 is 11.9 Å². The number of phenolic OH excluding ortho intramolecular Hbond substituents is 1. The minimum atomic E-state index is -4.99. The van der Waals surface area contributed by atoms with Crippen molar-refractivity contribution in [3.05, 3.63) is 58.9 Å². The summed E-state index contributed by atoms with van der Waals surface area (Å²) in [6, 6.07) is 3.54. The maximum atomic E-state index is 13.0. The van der Waals surface area contributed by atoms with Crippen LogP contribution in [-0.4, -0.2) is 11.3 Å². The molecule has 2 nitrogen and oxygen atoms in total. The van der Waals surface area contributed by atoms with Gasteiger partial charge in [0, 0.05) is 11.8 Å². The summed E-state index contributed by atoms with van der Waals surface area (Å²) in [5.41, 5.74) is -3.87. The summed E-state index contributed by atoms with van der Waals surface area (Å²) in [6.07, 6.45) is -9.22. The fourth-order valence-corrected chi connectivity index (χ4v) is 1.79. The summed E-state index contributed by atoms with van der Waals surface area (Å²) in [5.74, 6) is -1.18. The average molecular weight is 351 g/mol. The zero-order valence-electron chi connectivity index (χ0n) is 11.6. The van der Waals surface area contributed by atoms with Gasteiger partial charge < -0.3 is 5.11 Å². The van der Waals surface area contributed by atoms with Crippen LogP contribution in [0.4, 0.5) is 36.4 Å². The molecule has 0 saturated carbocycles. The van der Waals surface area contributed by atoms with Crippen LogP contribution in [0.2, 0.25) is 0 Å². The number of nitrogens with zero attached hydrogens (tertiary/aromatic N) is 1. The van der Waals surface area contributed by atoms with Gasteiger partial charge in [-0.3, -0.25) is 4.99 Å². The van der Waals surface area contributed by atoms with E-state index in [9.17, 15) is 35.8 Å². The predicted octanol–water partition coefficient (Wildman–Crippen LogP) is 5.32. The van der Waals surface area contributed by atoms with Gasteiger partial charge in [-0.05, 0) is 36.4 Å². The lowest BCUT2D eigenvalue weighted by atomic mass is 10.1. The van der Waals surface area contributed by atoms with Gasteiger partial charge in [-0.15, -0.1) is 0 Å². The van der Waals surface area contributed by atoms with E-state index >= 15 is 0 Å². The molecule has 0 aromatic heterocycles. The number of alkyl halides is 6. The molecule has 1 N–H and O–H groups in total. The van der Waals surface area contributed by atoms with Crippen LogP contribution < -0.4 is 0 Å². The molecule has 0 radical (unpaired) electrons. The van der Waals surface area contributed by atoms with E-state index < -0.39 is 40.7 Å². The second-order valence-corrected chi connectivity index (χ2v) is 4.73. The molecular weight excluding hydrogens is 343 g/mol. The van der Waals surface area contributed by atoms with E-state index in [1.807, 2.05) is 0 Å². The SMILES string of the molecule is Oc1ccc(F)cc1C=Nc1cc(C(F)(F)F)cc(C(F)(F)F)c1. The zero-order valence-corrected chi connectivity index (χ0v) is 11.6. The Bertz CT molecular complexity index is 746. The lowest BCUT2D eigenvalue weighted by Crippen LogP contribution is -2.10. The number of rotatable bonds is 2. The molecule has 0 bridgehead atoms. The van der Waals surface area contributed by atoms with Gasteiger partial charge in [0.1, 0.15) is 11.6 Å². The van der Waals surface area contributed by atoms with Gasteiger partial charge >= 0.3 is 12.4 Å². The number of halogens is 7. The van der Waals surface area contributed by atoms with Crippen LogP contribution in [0, 0.1) is 5.82 Å². The number of phenols is 1. The number of aliphatic imine (C=N–C) groups is 1. The fourth-order valence-electron chi connectivity index (χ4n) is 1.79. The van der Waals surface area contributed by atoms with Crippen molar-refractivity contribution < 1.29 is 35.8 Å². The molecule has 24 heavy (non-hydrogen) atoms. The molecule has 0 aliphatic carbocycles. The Hall–Kier alpha value is -2.58. The first-order valence-electron chi connectivity index (χ1n) is 6.29. The van der Waals surface area contributed by atoms with Crippen LogP contribution >= 0.6 is 0 Å². The lowest BCUT2D eigenvalue weighted by molar-refractivity contribution is -0.143. The van der Waals surface area contributed by atoms with Crippen molar-refractivity contribution in [3.8, 4) is 5.75 Å². The van der Waals surface area contributed by atoms with Crippen molar-refractivity contribution in [2.45, 2.75) is 12.4 Å². The molecule has 0 aliphatic heterocycles. The number of benzene rings is 2. The summed E-state index contributed by atoms with van der Waals surface area (Å²) in [4.78, 5) is 3.48. The standard InChI is InChI=1S/C15H8F7NO/c16-11-1-2-13(24)8(3-11)7-23-12-5-9(14(17,18)19)4-10(6-12)15(20,21)22/h1-7,24H. The van der Waals surface area contributed by atoms with Gasteiger partial charge in [0.25, 0.3) is 0 Å². The molecule has 2 aromatic rings. The van der Waals surface area contributed by atoms with E-state index in [1.165, 1.54) is 0 Å². The largest absolute Gasteiger partial charge is 0.507 e. The van der Waals surface area contributed by atoms with Crippen molar-refractivity contribution in [2.75, 3.05) is 0 Å². The van der Waals surface area contributed by atoms with Gasteiger partial charge in [-0.2, -0.15) is 26.3 Å². The molecular formula is C15H8F7NO. The molecule has 0 heterocycles. The summed E-state index contributed by atoms with van der Waals surface area (Å²) >= 11 is 0.